The van der Waals surface area contributed by atoms with Gasteiger partial charge in [-0.3, -0.25) is 4.79 Å². The molecule has 6 heteroatoms. The number of hydrogen-bond acceptors (Lipinski definition) is 4. The van der Waals surface area contributed by atoms with E-state index >= 15 is 0 Å². The summed E-state index contributed by atoms with van der Waals surface area (Å²) < 4.78 is 18.7. The van der Waals surface area contributed by atoms with E-state index in [1.54, 1.807) is 17.9 Å². The molecule has 1 aromatic heterocycles. The fraction of sp³-hybridized carbons (Fsp3) is 0.211. The van der Waals surface area contributed by atoms with Gasteiger partial charge in [0, 0.05) is 24.2 Å². The van der Waals surface area contributed by atoms with Gasteiger partial charge in [-0.25, -0.2) is 4.39 Å². The Morgan fingerprint density at radius 3 is 2.76 bits per heavy atom. The molecule has 0 spiro atoms. The van der Waals surface area contributed by atoms with E-state index in [2.05, 4.69) is 10.1 Å². The van der Waals surface area contributed by atoms with Gasteiger partial charge in [-0.15, -0.1) is 0 Å². The minimum Gasteiger partial charge on any atom is -0.339 e. The fourth-order valence-corrected chi connectivity index (χ4v) is 3.13. The van der Waals surface area contributed by atoms with Crippen molar-refractivity contribution in [2.75, 3.05) is 11.4 Å². The van der Waals surface area contributed by atoms with Gasteiger partial charge in [0.15, 0.2) is 0 Å². The molecular formula is C19H16FN3O2. The molecule has 1 amide bonds. The first-order valence-electron chi connectivity index (χ1n) is 8.07. The van der Waals surface area contributed by atoms with E-state index < -0.39 is 0 Å². The smallest absolute Gasteiger partial charge is 0.232 e. The number of benzene rings is 2. The molecule has 1 aliphatic rings. The Morgan fingerprint density at radius 2 is 2.00 bits per heavy atom. The summed E-state index contributed by atoms with van der Waals surface area (Å²) in [6.45, 7) is 2.24. The van der Waals surface area contributed by atoms with Crippen LogP contribution in [0.4, 0.5) is 10.1 Å². The van der Waals surface area contributed by atoms with Crippen LogP contribution in [0.25, 0.3) is 11.4 Å². The summed E-state index contributed by atoms with van der Waals surface area (Å²) in [6, 6.07) is 14.0. The predicted octanol–water partition coefficient (Wildman–Crippen LogP) is 3.70. The maximum atomic E-state index is 13.3. The number of aromatic nitrogens is 2. The van der Waals surface area contributed by atoms with E-state index in [9.17, 15) is 9.18 Å². The molecule has 1 unspecified atom stereocenters. The Balaban J connectivity index is 1.57. The average molecular weight is 337 g/mol. The van der Waals surface area contributed by atoms with E-state index in [-0.39, 0.29) is 17.6 Å². The normalized spacial score (nSPS) is 17.3. The lowest BCUT2D eigenvalue weighted by atomic mass is 10.1. The molecule has 5 nitrogen and oxygen atoms in total. The SMILES string of the molecule is Cc1cc(F)ccc1N1CC(c2nc(-c3ccccc3)no2)CC1=O. The lowest BCUT2D eigenvalue weighted by Crippen LogP contribution is -2.25. The van der Waals surface area contributed by atoms with Gasteiger partial charge < -0.3 is 9.42 Å². The number of amides is 1. The van der Waals surface area contributed by atoms with Gasteiger partial charge in [0.25, 0.3) is 0 Å². The number of carbonyl (C=O) groups excluding carboxylic acids is 1. The van der Waals surface area contributed by atoms with Gasteiger partial charge in [0.05, 0.1) is 5.92 Å². The zero-order chi connectivity index (χ0) is 17.4. The molecule has 0 aliphatic carbocycles. The molecule has 4 rings (SSSR count). The van der Waals surface area contributed by atoms with Crippen molar-refractivity contribution in [3.8, 4) is 11.4 Å². The van der Waals surface area contributed by atoms with Crippen LogP contribution in [0.15, 0.2) is 53.1 Å². The van der Waals surface area contributed by atoms with Gasteiger partial charge in [0.2, 0.25) is 17.6 Å². The molecule has 1 aliphatic heterocycles. The second-order valence-corrected chi connectivity index (χ2v) is 6.16. The van der Waals surface area contributed by atoms with E-state index in [0.717, 1.165) is 16.8 Å². The van der Waals surface area contributed by atoms with Crippen LogP contribution in [0.2, 0.25) is 0 Å². The molecule has 1 atom stereocenters. The Labute approximate surface area is 144 Å². The minimum atomic E-state index is -0.311. The van der Waals surface area contributed by atoms with Crippen LogP contribution in [0.1, 0.15) is 23.8 Å². The highest BCUT2D eigenvalue weighted by atomic mass is 19.1. The van der Waals surface area contributed by atoms with Crippen molar-refractivity contribution >= 4 is 11.6 Å². The number of hydrogen-bond donors (Lipinski definition) is 0. The first-order chi connectivity index (χ1) is 12.1. The molecule has 2 heterocycles. The molecule has 1 saturated heterocycles. The van der Waals surface area contributed by atoms with Gasteiger partial charge in [-0.05, 0) is 30.7 Å². The third-order valence-corrected chi connectivity index (χ3v) is 4.40. The van der Waals surface area contributed by atoms with E-state index in [1.807, 2.05) is 30.3 Å². The second-order valence-electron chi connectivity index (χ2n) is 6.16. The fourth-order valence-electron chi connectivity index (χ4n) is 3.13. The number of rotatable bonds is 3. The molecule has 0 bridgehead atoms. The van der Waals surface area contributed by atoms with Crippen LogP contribution in [-0.2, 0) is 4.79 Å². The third-order valence-electron chi connectivity index (χ3n) is 4.40. The van der Waals surface area contributed by atoms with Gasteiger partial charge in [-0.2, -0.15) is 4.98 Å². The number of nitrogens with zero attached hydrogens (tertiary/aromatic N) is 3. The topological polar surface area (TPSA) is 59.2 Å². The molecule has 2 aromatic carbocycles. The highest BCUT2D eigenvalue weighted by molar-refractivity contribution is 5.97. The second kappa shape index (κ2) is 6.12. The largest absolute Gasteiger partial charge is 0.339 e. The van der Waals surface area contributed by atoms with E-state index in [4.69, 9.17) is 4.52 Å². The molecule has 0 N–H and O–H groups in total. The summed E-state index contributed by atoms with van der Waals surface area (Å²) >= 11 is 0. The molecule has 0 saturated carbocycles. The van der Waals surface area contributed by atoms with Crippen LogP contribution >= 0.6 is 0 Å². The summed E-state index contributed by atoms with van der Waals surface area (Å²) in [5, 5.41) is 4.02. The van der Waals surface area contributed by atoms with Crippen molar-refractivity contribution in [2.45, 2.75) is 19.3 Å². The Morgan fingerprint density at radius 1 is 1.20 bits per heavy atom. The van der Waals surface area contributed by atoms with Crippen LogP contribution in [-0.4, -0.2) is 22.6 Å². The van der Waals surface area contributed by atoms with Gasteiger partial charge >= 0.3 is 0 Å². The van der Waals surface area contributed by atoms with Crippen LogP contribution in [0.5, 0.6) is 0 Å². The first-order valence-corrected chi connectivity index (χ1v) is 8.07. The highest BCUT2D eigenvalue weighted by Crippen LogP contribution is 2.33. The number of carbonyl (C=O) groups is 1. The lowest BCUT2D eigenvalue weighted by molar-refractivity contribution is -0.117. The van der Waals surface area contributed by atoms with Crippen molar-refractivity contribution in [3.05, 3.63) is 65.8 Å². The van der Waals surface area contributed by atoms with E-state index in [1.165, 1.54) is 12.1 Å². The first kappa shape index (κ1) is 15.5. The number of aryl methyl sites for hydroxylation is 1. The van der Waals surface area contributed by atoms with Crippen LogP contribution < -0.4 is 4.90 Å². The van der Waals surface area contributed by atoms with Crippen molar-refractivity contribution in [3.63, 3.8) is 0 Å². The van der Waals surface area contributed by atoms with Crippen molar-refractivity contribution < 1.29 is 13.7 Å². The molecule has 3 aromatic rings. The lowest BCUT2D eigenvalue weighted by Gasteiger charge is -2.18. The van der Waals surface area contributed by atoms with Gasteiger partial charge in [-0.1, -0.05) is 35.5 Å². The number of halogens is 1. The average Bonchev–Trinajstić information content (AvgIpc) is 3.23. The van der Waals surface area contributed by atoms with Crippen LogP contribution in [0, 0.1) is 12.7 Å². The van der Waals surface area contributed by atoms with E-state index in [0.29, 0.717) is 24.7 Å². The van der Waals surface area contributed by atoms with Crippen molar-refractivity contribution in [2.24, 2.45) is 0 Å². The van der Waals surface area contributed by atoms with Crippen molar-refractivity contribution in [1.82, 2.24) is 10.1 Å². The standard InChI is InChI=1S/C19H16FN3O2/c1-12-9-15(20)7-8-16(12)23-11-14(10-17(23)24)19-21-18(22-25-19)13-5-3-2-4-6-13/h2-9,14H,10-11H2,1H3. The predicted molar refractivity (Wildman–Crippen MR) is 90.6 cm³/mol. The summed E-state index contributed by atoms with van der Waals surface area (Å²) in [7, 11) is 0. The minimum absolute atomic E-state index is 0.0285. The molecular weight excluding hydrogens is 321 g/mol. The zero-order valence-corrected chi connectivity index (χ0v) is 13.6. The van der Waals surface area contributed by atoms with Gasteiger partial charge in [0.1, 0.15) is 5.82 Å². The Hall–Kier alpha value is -3.02. The summed E-state index contributed by atoms with van der Waals surface area (Å²) in [4.78, 5) is 18.5. The zero-order valence-electron chi connectivity index (χ0n) is 13.6. The molecule has 1 fully saturated rings. The third kappa shape index (κ3) is 2.91. The monoisotopic (exact) mass is 337 g/mol. The molecule has 25 heavy (non-hydrogen) atoms. The number of anilines is 1. The summed E-state index contributed by atoms with van der Waals surface area (Å²) in [6.07, 6.45) is 0.299. The maximum Gasteiger partial charge on any atom is 0.232 e. The Kier molecular flexibility index (Phi) is 3.80. The summed E-state index contributed by atoms with van der Waals surface area (Å²) in [5.41, 5.74) is 2.31. The molecule has 126 valence electrons. The van der Waals surface area contributed by atoms with Crippen LogP contribution in [0.3, 0.4) is 0 Å². The summed E-state index contributed by atoms with van der Waals surface area (Å²) in [5.74, 6) is 0.462. The quantitative estimate of drug-likeness (QED) is 0.731. The maximum absolute atomic E-state index is 13.3. The van der Waals surface area contributed by atoms with Crippen molar-refractivity contribution in [1.29, 1.82) is 0 Å². The molecule has 0 radical (unpaired) electrons. The Bertz CT molecular complexity index is 923. The highest BCUT2D eigenvalue weighted by Gasteiger charge is 2.35.